The Balaban J connectivity index is 2.54. The maximum absolute atomic E-state index is 11.0. The molecule has 0 fully saturated rings. The summed E-state index contributed by atoms with van der Waals surface area (Å²) in [7, 11) is 0. The minimum absolute atomic E-state index is 0.233. The third kappa shape index (κ3) is 2.94. The molecular formula is C11H13NO2. The Morgan fingerprint density at radius 3 is 2.86 bits per heavy atom. The van der Waals surface area contributed by atoms with E-state index < -0.39 is 0 Å². The number of hydrogen-bond donors (Lipinski definition) is 1. The number of hydrogen-bond acceptors (Lipinski definition) is 3. The molecule has 14 heavy (non-hydrogen) atoms. The number of carbonyl (C=O) groups is 1. The lowest BCUT2D eigenvalue weighted by Gasteiger charge is -2.04. The Kier molecular flexibility index (Phi) is 3.29. The van der Waals surface area contributed by atoms with Crippen LogP contribution in [0, 0.1) is 0 Å². The van der Waals surface area contributed by atoms with E-state index in [0.717, 1.165) is 5.56 Å². The van der Waals surface area contributed by atoms with E-state index in [0.29, 0.717) is 11.3 Å². The number of nitrogens with two attached hydrogens (primary N) is 1. The molecule has 0 amide bonds. The highest BCUT2D eigenvalue weighted by atomic mass is 16.5. The highest BCUT2D eigenvalue weighted by Gasteiger charge is 2.03. The largest absolute Gasteiger partial charge is 0.457 e. The van der Waals surface area contributed by atoms with Gasteiger partial charge in [-0.05, 0) is 24.6 Å². The van der Waals surface area contributed by atoms with Gasteiger partial charge in [0.1, 0.15) is 6.61 Å². The fourth-order valence-corrected chi connectivity index (χ4v) is 0.955. The molecule has 0 bridgehead atoms. The quantitative estimate of drug-likeness (QED) is 0.451. The van der Waals surface area contributed by atoms with Gasteiger partial charge in [-0.1, -0.05) is 18.7 Å². The normalized spacial score (nSPS) is 9.50. The molecule has 0 heterocycles. The fraction of sp³-hybridized carbons (Fsp3) is 0.182. The summed E-state index contributed by atoms with van der Waals surface area (Å²) in [6.07, 6.45) is 0. The smallest absolute Gasteiger partial charge is 0.333 e. The number of rotatable bonds is 3. The summed E-state index contributed by atoms with van der Waals surface area (Å²) < 4.78 is 4.95. The molecule has 1 aromatic carbocycles. The average Bonchev–Trinajstić information content (AvgIpc) is 2.14. The van der Waals surface area contributed by atoms with Crippen LogP contribution in [0.2, 0.25) is 0 Å². The SMILES string of the molecule is C=C(C)C(=O)OCc1cccc(N)c1. The summed E-state index contributed by atoms with van der Waals surface area (Å²) in [5, 5.41) is 0. The van der Waals surface area contributed by atoms with Gasteiger partial charge in [-0.2, -0.15) is 0 Å². The molecule has 0 saturated heterocycles. The van der Waals surface area contributed by atoms with Crippen molar-refractivity contribution < 1.29 is 9.53 Å². The molecule has 0 aliphatic carbocycles. The molecule has 0 saturated carbocycles. The monoisotopic (exact) mass is 191 g/mol. The first-order valence-electron chi connectivity index (χ1n) is 4.26. The van der Waals surface area contributed by atoms with Gasteiger partial charge in [0.05, 0.1) is 0 Å². The van der Waals surface area contributed by atoms with Gasteiger partial charge in [0.15, 0.2) is 0 Å². The van der Waals surface area contributed by atoms with Gasteiger partial charge in [0, 0.05) is 11.3 Å². The molecule has 0 spiro atoms. The van der Waals surface area contributed by atoms with E-state index in [2.05, 4.69) is 6.58 Å². The van der Waals surface area contributed by atoms with Gasteiger partial charge in [-0.25, -0.2) is 4.79 Å². The summed E-state index contributed by atoms with van der Waals surface area (Å²) in [5.74, 6) is -0.382. The standard InChI is InChI=1S/C11H13NO2/c1-8(2)11(13)14-7-9-4-3-5-10(12)6-9/h3-6H,1,7,12H2,2H3. The lowest BCUT2D eigenvalue weighted by Crippen LogP contribution is -2.04. The molecule has 3 heteroatoms. The first-order chi connectivity index (χ1) is 6.59. The van der Waals surface area contributed by atoms with Crippen molar-refractivity contribution in [2.45, 2.75) is 13.5 Å². The van der Waals surface area contributed by atoms with Crippen molar-refractivity contribution in [3.8, 4) is 0 Å². The fourth-order valence-electron chi connectivity index (χ4n) is 0.955. The van der Waals surface area contributed by atoms with E-state index in [1.807, 2.05) is 12.1 Å². The molecule has 74 valence electrons. The molecule has 2 N–H and O–H groups in total. The van der Waals surface area contributed by atoms with Crippen molar-refractivity contribution >= 4 is 11.7 Å². The molecule has 1 aromatic rings. The number of carbonyl (C=O) groups excluding carboxylic acids is 1. The van der Waals surface area contributed by atoms with Crippen LogP contribution in [-0.4, -0.2) is 5.97 Å². The van der Waals surface area contributed by atoms with Crippen LogP contribution in [0.3, 0.4) is 0 Å². The first kappa shape index (κ1) is 10.3. The van der Waals surface area contributed by atoms with Crippen molar-refractivity contribution in [3.05, 3.63) is 42.0 Å². The Labute approximate surface area is 83.2 Å². The molecule has 0 atom stereocenters. The van der Waals surface area contributed by atoms with Crippen LogP contribution in [-0.2, 0) is 16.1 Å². The zero-order valence-electron chi connectivity index (χ0n) is 8.12. The molecule has 0 aliphatic heterocycles. The second kappa shape index (κ2) is 4.46. The topological polar surface area (TPSA) is 52.3 Å². The van der Waals surface area contributed by atoms with Crippen LogP contribution in [0.1, 0.15) is 12.5 Å². The molecular weight excluding hydrogens is 178 g/mol. The van der Waals surface area contributed by atoms with Crippen molar-refractivity contribution in [1.82, 2.24) is 0 Å². The van der Waals surface area contributed by atoms with Crippen LogP contribution in [0.4, 0.5) is 5.69 Å². The molecule has 0 unspecified atom stereocenters. The Morgan fingerprint density at radius 2 is 2.29 bits per heavy atom. The van der Waals surface area contributed by atoms with E-state index >= 15 is 0 Å². The van der Waals surface area contributed by atoms with Gasteiger partial charge in [-0.15, -0.1) is 0 Å². The van der Waals surface area contributed by atoms with Gasteiger partial charge in [0.25, 0.3) is 0 Å². The maximum Gasteiger partial charge on any atom is 0.333 e. The summed E-state index contributed by atoms with van der Waals surface area (Å²) >= 11 is 0. The van der Waals surface area contributed by atoms with Crippen molar-refractivity contribution in [2.24, 2.45) is 0 Å². The van der Waals surface area contributed by atoms with Gasteiger partial charge in [0.2, 0.25) is 0 Å². The van der Waals surface area contributed by atoms with Gasteiger partial charge < -0.3 is 10.5 Å². The third-order valence-corrected chi connectivity index (χ3v) is 1.67. The summed E-state index contributed by atoms with van der Waals surface area (Å²) in [4.78, 5) is 11.0. The first-order valence-corrected chi connectivity index (χ1v) is 4.26. The molecule has 0 radical (unpaired) electrons. The molecule has 3 nitrogen and oxygen atoms in total. The minimum atomic E-state index is -0.382. The van der Waals surface area contributed by atoms with E-state index in [-0.39, 0.29) is 12.6 Å². The summed E-state index contributed by atoms with van der Waals surface area (Å²) in [5.41, 5.74) is 7.50. The number of anilines is 1. The second-order valence-corrected chi connectivity index (χ2v) is 3.10. The lowest BCUT2D eigenvalue weighted by molar-refractivity contribution is -0.140. The summed E-state index contributed by atoms with van der Waals surface area (Å²) in [6, 6.07) is 7.22. The predicted octanol–water partition coefficient (Wildman–Crippen LogP) is 1.89. The van der Waals surface area contributed by atoms with Gasteiger partial charge in [-0.3, -0.25) is 0 Å². The Hall–Kier alpha value is -1.77. The highest BCUT2D eigenvalue weighted by Crippen LogP contribution is 2.08. The van der Waals surface area contributed by atoms with Crippen LogP contribution in [0.25, 0.3) is 0 Å². The maximum atomic E-state index is 11.0. The van der Waals surface area contributed by atoms with Crippen LogP contribution >= 0.6 is 0 Å². The number of nitrogen functional groups attached to an aromatic ring is 1. The molecule has 0 aromatic heterocycles. The van der Waals surface area contributed by atoms with Crippen LogP contribution in [0.5, 0.6) is 0 Å². The van der Waals surface area contributed by atoms with Gasteiger partial charge >= 0.3 is 5.97 Å². The van der Waals surface area contributed by atoms with E-state index in [4.69, 9.17) is 10.5 Å². The third-order valence-electron chi connectivity index (χ3n) is 1.67. The molecule has 0 aliphatic rings. The van der Waals surface area contributed by atoms with Crippen molar-refractivity contribution in [1.29, 1.82) is 0 Å². The van der Waals surface area contributed by atoms with E-state index in [1.165, 1.54) is 0 Å². The lowest BCUT2D eigenvalue weighted by atomic mass is 10.2. The van der Waals surface area contributed by atoms with Crippen molar-refractivity contribution in [2.75, 3.05) is 5.73 Å². The minimum Gasteiger partial charge on any atom is -0.457 e. The number of esters is 1. The summed E-state index contributed by atoms with van der Waals surface area (Å²) in [6.45, 7) is 5.33. The zero-order valence-corrected chi connectivity index (χ0v) is 8.12. The molecule has 1 rings (SSSR count). The van der Waals surface area contributed by atoms with E-state index in [9.17, 15) is 4.79 Å². The zero-order chi connectivity index (χ0) is 10.6. The number of benzene rings is 1. The Morgan fingerprint density at radius 1 is 1.57 bits per heavy atom. The Bertz CT molecular complexity index is 358. The highest BCUT2D eigenvalue weighted by molar-refractivity contribution is 5.86. The van der Waals surface area contributed by atoms with Crippen molar-refractivity contribution in [3.63, 3.8) is 0 Å². The number of ether oxygens (including phenoxy) is 1. The van der Waals surface area contributed by atoms with Crippen LogP contribution < -0.4 is 5.73 Å². The predicted molar refractivity (Wildman–Crippen MR) is 55.5 cm³/mol. The second-order valence-electron chi connectivity index (χ2n) is 3.10. The van der Waals surface area contributed by atoms with E-state index in [1.54, 1.807) is 19.1 Å². The van der Waals surface area contributed by atoms with Crippen LogP contribution in [0.15, 0.2) is 36.4 Å². The average molecular weight is 191 g/mol.